The number of nitrogens with one attached hydrogen (secondary N) is 2. The van der Waals surface area contributed by atoms with Crippen LogP contribution in [0, 0.1) is 21.4 Å². The number of rotatable bonds is 6. The van der Waals surface area contributed by atoms with Gasteiger partial charge in [0.25, 0.3) is 0 Å². The molecule has 8 heteroatoms. The zero-order valence-corrected chi connectivity index (χ0v) is 11.2. The molecule has 1 aromatic rings. The molecule has 0 atom stereocenters. The number of hydrogen-bond acceptors (Lipinski definition) is 6. The van der Waals surface area contributed by atoms with Crippen molar-refractivity contribution in [3.63, 3.8) is 0 Å². The second-order valence-corrected chi connectivity index (χ2v) is 4.32. The van der Waals surface area contributed by atoms with Crippen LogP contribution in [0.4, 0.5) is 11.5 Å². The molecule has 0 fully saturated rings. The lowest BCUT2D eigenvalue weighted by molar-refractivity contribution is -0.384. The molecule has 1 rings (SSSR count). The Morgan fingerprint density at radius 2 is 2.30 bits per heavy atom. The van der Waals surface area contributed by atoms with Crippen molar-refractivity contribution < 1.29 is 9.72 Å². The molecule has 0 saturated carbocycles. The van der Waals surface area contributed by atoms with Gasteiger partial charge in [-0.2, -0.15) is 5.26 Å². The largest absolute Gasteiger partial charge is 0.364 e. The standard InChI is InChI=1S/C12H15N5O3/c1-8(2)16-10(18)4-6-15-12-11(17(19)20)9(7-13)3-5-14-12/h3,5,8H,4,6H2,1-2H3,(H,14,15)(H,16,18). The number of carbonyl (C=O) groups excluding carboxylic acids is 1. The number of hydrogen-bond donors (Lipinski definition) is 2. The van der Waals surface area contributed by atoms with E-state index in [0.717, 1.165) is 0 Å². The molecule has 1 heterocycles. The molecular weight excluding hydrogens is 262 g/mol. The fourth-order valence-corrected chi connectivity index (χ4v) is 1.55. The minimum atomic E-state index is -0.665. The number of pyridine rings is 1. The summed E-state index contributed by atoms with van der Waals surface area (Å²) in [4.78, 5) is 25.5. The average Bonchev–Trinajstić information content (AvgIpc) is 2.37. The smallest absolute Gasteiger partial charge is 0.328 e. The van der Waals surface area contributed by atoms with Crippen molar-refractivity contribution in [1.29, 1.82) is 5.26 Å². The number of nitriles is 1. The molecule has 0 bridgehead atoms. The Balaban J connectivity index is 2.72. The van der Waals surface area contributed by atoms with E-state index in [-0.39, 0.29) is 42.0 Å². The van der Waals surface area contributed by atoms with E-state index in [4.69, 9.17) is 5.26 Å². The van der Waals surface area contributed by atoms with Gasteiger partial charge in [-0.05, 0) is 19.9 Å². The molecule has 0 radical (unpaired) electrons. The highest BCUT2D eigenvalue weighted by Gasteiger charge is 2.20. The van der Waals surface area contributed by atoms with Crippen molar-refractivity contribution in [2.45, 2.75) is 26.3 Å². The Bertz CT molecular complexity index is 551. The first-order chi connectivity index (χ1) is 9.45. The molecule has 20 heavy (non-hydrogen) atoms. The van der Waals surface area contributed by atoms with E-state index >= 15 is 0 Å². The molecule has 0 aliphatic rings. The maximum Gasteiger partial charge on any atom is 0.328 e. The number of carbonyl (C=O) groups is 1. The van der Waals surface area contributed by atoms with Crippen molar-refractivity contribution in [2.24, 2.45) is 0 Å². The second-order valence-electron chi connectivity index (χ2n) is 4.32. The van der Waals surface area contributed by atoms with E-state index < -0.39 is 4.92 Å². The Kier molecular flexibility index (Phi) is 5.41. The van der Waals surface area contributed by atoms with Crippen molar-refractivity contribution >= 4 is 17.4 Å². The monoisotopic (exact) mass is 277 g/mol. The van der Waals surface area contributed by atoms with E-state index in [1.807, 2.05) is 13.8 Å². The third kappa shape index (κ3) is 4.20. The first kappa shape index (κ1) is 15.4. The van der Waals surface area contributed by atoms with Crippen LogP contribution in [0.15, 0.2) is 12.3 Å². The van der Waals surface area contributed by atoms with E-state index in [2.05, 4.69) is 15.6 Å². The lowest BCUT2D eigenvalue weighted by Gasteiger charge is -2.09. The SMILES string of the molecule is CC(C)NC(=O)CCNc1nccc(C#N)c1[N+](=O)[O-]. The molecule has 0 saturated heterocycles. The van der Waals surface area contributed by atoms with Gasteiger partial charge in [-0.15, -0.1) is 0 Å². The summed E-state index contributed by atoms with van der Waals surface area (Å²) in [6.07, 6.45) is 1.47. The van der Waals surface area contributed by atoms with Gasteiger partial charge in [-0.3, -0.25) is 14.9 Å². The molecule has 0 aliphatic carbocycles. The van der Waals surface area contributed by atoms with Gasteiger partial charge in [-0.25, -0.2) is 4.98 Å². The summed E-state index contributed by atoms with van der Waals surface area (Å²) in [5.74, 6) is -0.169. The molecule has 0 aromatic carbocycles. The summed E-state index contributed by atoms with van der Waals surface area (Å²) in [5, 5.41) is 25.2. The zero-order chi connectivity index (χ0) is 15.1. The van der Waals surface area contributed by atoms with E-state index in [1.54, 1.807) is 6.07 Å². The number of nitrogens with zero attached hydrogens (tertiary/aromatic N) is 3. The fourth-order valence-electron chi connectivity index (χ4n) is 1.55. The van der Waals surface area contributed by atoms with E-state index in [9.17, 15) is 14.9 Å². The summed E-state index contributed by atoms with van der Waals surface area (Å²) in [6.45, 7) is 3.88. The van der Waals surface area contributed by atoms with Crippen LogP contribution in [-0.4, -0.2) is 28.4 Å². The van der Waals surface area contributed by atoms with Crippen LogP contribution in [0.1, 0.15) is 25.8 Å². The van der Waals surface area contributed by atoms with Gasteiger partial charge in [0, 0.05) is 25.2 Å². The molecule has 0 spiro atoms. The Morgan fingerprint density at radius 3 is 2.85 bits per heavy atom. The average molecular weight is 277 g/mol. The summed E-state index contributed by atoms with van der Waals surface area (Å²) in [5.41, 5.74) is -0.446. The Labute approximate surface area is 116 Å². The van der Waals surface area contributed by atoms with Crippen LogP contribution in [0.3, 0.4) is 0 Å². The predicted octanol–water partition coefficient (Wildman–Crippen LogP) is 1.19. The molecule has 8 nitrogen and oxygen atoms in total. The van der Waals surface area contributed by atoms with Gasteiger partial charge >= 0.3 is 5.69 Å². The Morgan fingerprint density at radius 1 is 1.60 bits per heavy atom. The summed E-state index contributed by atoms with van der Waals surface area (Å²) in [7, 11) is 0. The number of anilines is 1. The maximum atomic E-state index is 11.4. The molecule has 1 amide bonds. The predicted molar refractivity (Wildman–Crippen MR) is 72.0 cm³/mol. The topological polar surface area (TPSA) is 121 Å². The van der Waals surface area contributed by atoms with Crippen molar-refractivity contribution in [3.8, 4) is 6.07 Å². The van der Waals surface area contributed by atoms with Crippen molar-refractivity contribution in [1.82, 2.24) is 10.3 Å². The van der Waals surface area contributed by atoms with Crippen LogP contribution in [0.5, 0.6) is 0 Å². The molecular formula is C12H15N5O3. The highest BCUT2D eigenvalue weighted by atomic mass is 16.6. The van der Waals surface area contributed by atoms with Crippen LogP contribution in [-0.2, 0) is 4.79 Å². The number of aromatic nitrogens is 1. The lowest BCUT2D eigenvalue weighted by atomic mass is 10.2. The second kappa shape index (κ2) is 7.04. The van der Waals surface area contributed by atoms with Gasteiger partial charge in [0.2, 0.25) is 11.7 Å². The summed E-state index contributed by atoms with van der Waals surface area (Å²) >= 11 is 0. The molecule has 0 aliphatic heterocycles. The first-order valence-electron chi connectivity index (χ1n) is 6.02. The minimum Gasteiger partial charge on any atom is -0.364 e. The zero-order valence-electron chi connectivity index (χ0n) is 11.2. The quantitative estimate of drug-likeness (QED) is 0.595. The number of amides is 1. The molecule has 1 aromatic heterocycles. The van der Waals surface area contributed by atoms with Gasteiger partial charge in [0.15, 0.2) is 0 Å². The van der Waals surface area contributed by atoms with Crippen LogP contribution in [0.25, 0.3) is 0 Å². The molecule has 2 N–H and O–H groups in total. The Hall–Kier alpha value is -2.69. The van der Waals surface area contributed by atoms with Gasteiger partial charge < -0.3 is 10.6 Å². The van der Waals surface area contributed by atoms with Crippen molar-refractivity contribution in [3.05, 3.63) is 27.9 Å². The summed E-state index contributed by atoms with van der Waals surface area (Å²) < 4.78 is 0. The first-order valence-corrected chi connectivity index (χ1v) is 6.02. The highest BCUT2D eigenvalue weighted by molar-refractivity contribution is 5.77. The normalized spacial score (nSPS) is 9.90. The maximum absolute atomic E-state index is 11.4. The van der Waals surface area contributed by atoms with Gasteiger partial charge in [-0.1, -0.05) is 0 Å². The van der Waals surface area contributed by atoms with Gasteiger partial charge in [0.05, 0.1) is 4.92 Å². The lowest BCUT2D eigenvalue weighted by Crippen LogP contribution is -2.31. The van der Waals surface area contributed by atoms with Crippen molar-refractivity contribution in [2.75, 3.05) is 11.9 Å². The van der Waals surface area contributed by atoms with Crippen LogP contribution >= 0.6 is 0 Å². The number of nitro groups is 1. The van der Waals surface area contributed by atoms with Crippen LogP contribution < -0.4 is 10.6 Å². The minimum absolute atomic E-state index is 0.00797. The summed E-state index contributed by atoms with van der Waals surface area (Å²) in [6, 6.07) is 3.05. The van der Waals surface area contributed by atoms with Gasteiger partial charge in [0.1, 0.15) is 11.6 Å². The molecule has 0 unspecified atom stereocenters. The highest BCUT2D eigenvalue weighted by Crippen LogP contribution is 2.25. The third-order valence-electron chi connectivity index (χ3n) is 2.32. The fraction of sp³-hybridized carbons (Fsp3) is 0.417. The van der Waals surface area contributed by atoms with E-state index in [1.165, 1.54) is 12.3 Å². The van der Waals surface area contributed by atoms with E-state index in [0.29, 0.717) is 0 Å². The molecule has 106 valence electrons. The third-order valence-corrected chi connectivity index (χ3v) is 2.32. The van der Waals surface area contributed by atoms with Crippen LogP contribution in [0.2, 0.25) is 0 Å².